The molecule has 0 saturated carbocycles. The average Bonchev–Trinajstić information content (AvgIpc) is 1.65. The molecule has 6 heavy (non-hydrogen) atoms. The molecule has 0 spiro atoms. The van der Waals surface area contributed by atoms with Crippen molar-refractivity contribution in [3.05, 3.63) is 10.6 Å². The molecule has 0 aromatic heterocycles. The van der Waals surface area contributed by atoms with E-state index in [1.165, 1.54) is 5.54 Å². The highest BCUT2D eigenvalue weighted by atomic mass is 35.5. The molecule has 0 saturated heterocycles. The van der Waals surface area contributed by atoms with Gasteiger partial charge in [-0.05, 0) is 0 Å². The number of alkyl halides is 1. The second kappa shape index (κ2) is 3.79. The van der Waals surface area contributed by atoms with E-state index >= 15 is 0 Å². The quantitative estimate of drug-likeness (QED) is 0.498. The molecule has 0 rings (SSSR count). The lowest BCUT2D eigenvalue weighted by atomic mass is 10.7. The Morgan fingerprint density at radius 1 is 1.67 bits per heavy atom. The average molecular weight is 145 g/mol. The fraction of sp³-hybridized carbons (Fsp3) is 0.333. The SMILES string of the molecule is Cl/C=C(/Cl)CCl. The molecule has 0 aliphatic rings. The van der Waals surface area contributed by atoms with E-state index in [4.69, 9.17) is 34.8 Å². The lowest BCUT2D eigenvalue weighted by Crippen LogP contribution is -1.64. The maximum Gasteiger partial charge on any atom is 0.0590 e. The van der Waals surface area contributed by atoms with E-state index in [1.807, 2.05) is 0 Å². The van der Waals surface area contributed by atoms with Gasteiger partial charge in [0.1, 0.15) is 0 Å². The van der Waals surface area contributed by atoms with Gasteiger partial charge in [0.2, 0.25) is 0 Å². The summed E-state index contributed by atoms with van der Waals surface area (Å²) in [7, 11) is 0. The van der Waals surface area contributed by atoms with E-state index in [1.54, 1.807) is 0 Å². The Bertz CT molecular complexity index is 57.1. The third-order valence-corrected chi connectivity index (χ3v) is 1.29. The lowest BCUT2D eigenvalue weighted by molar-refractivity contribution is 1.71. The minimum Gasteiger partial charge on any atom is -0.121 e. The maximum absolute atomic E-state index is 5.25. The molecule has 0 atom stereocenters. The first-order chi connectivity index (χ1) is 2.81. The van der Waals surface area contributed by atoms with E-state index < -0.39 is 0 Å². The van der Waals surface area contributed by atoms with Crippen molar-refractivity contribution in [1.82, 2.24) is 0 Å². The topological polar surface area (TPSA) is 0 Å². The zero-order valence-corrected chi connectivity index (χ0v) is 5.19. The summed E-state index contributed by atoms with van der Waals surface area (Å²) in [5, 5.41) is 0.471. The predicted molar refractivity (Wildman–Crippen MR) is 30.5 cm³/mol. The van der Waals surface area contributed by atoms with Crippen LogP contribution in [0, 0.1) is 0 Å². The highest BCUT2D eigenvalue weighted by Gasteiger charge is 1.80. The first-order valence-electron chi connectivity index (χ1n) is 1.32. The summed E-state index contributed by atoms with van der Waals surface area (Å²) in [5.74, 6) is 0.297. The summed E-state index contributed by atoms with van der Waals surface area (Å²) >= 11 is 15.5. The van der Waals surface area contributed by atoms with Crippen LogP contribution in [0.1, 0.15) is 0 Å². The van der Waals surface area contributed by atoms with Crippen molar-refractivity contribution >= 4 is 34.8 Å². The largest absolute Gasteiger partial charge is 0.121 e. The van der Waals surface area contributed by atoms with Crippen molar-refractivity contribution in [1.29, 1.82) is 0 Å². The summed E-state index contributed by atoms with van der Waals surface area (Å²) in [6.07, 6.45) is 0. The van der Waals surface area contributed by atoms with Gasteiger partial charge in [0.15, 0.2) is 0 Å². The van der Waals surface area contributed by atoms with Gasteiger partial charge >= 0.3 is 0 Å². The van der Waals surface area contributed by atoms with Crippen LogP contribution >= 0.6 is 34.8 Å². The van der Waals surface area contributed by atoms with Crippen molar-refractivity contribution in [2.45, 2.75) is 0 Å². The van der Waals surface area contributed by atoms with Crippen molar-refractivity contribution < 1.29 is 0 Å². The Morgan fingerprint density at radius 3 is 2.17 bits per heavy atom. The highest BCUT2D eigenvalue weighted by molar-refractivity contribution is 6.40. The molecule has 0 fully saturated rings. The number of rotatable bonds is 1. The molecule has 0 unspecified atom stereocenters. The minimum atomic E-state index is 0.297. The summed E-state index contributed by atoms with van der Waals surface area (Å²) < 4.78 is 0. The summed E-state index contributed by atoms with van der Waals surface area (Å²) in [4.78, 5) is 0. The maximum atomic E-state index is 5.25. The number of hydrogen-bond donors (Lipinski definition) is 0. The normalized spacial score (nSPS) is 12.2. The van der Waals surface area contributed by atoms with E-state index in [2.05, 4.69) is 0 Å². The van der Waals surface area contributed by atoms with Gasteiger partial charge in [0.25, 0.3) is 0 Å². The van der Waals surface area contributed by atoms with E-state index in [0.717, 1.165) is 0 Å². The minimum absolute atomic E-state index is 0.297. The van der Waals surface area contributed by atoms with Crippen LogP contribution in [-0.2, 0) is 0 Å². The van der Waals surface area contributed by atoms with Crippen LogP contribution in [0.3, 0.4) is 0 Å². The Labute approximate surface area is 51.7 Å². The third-order valence-electron chi connectivity index (χ3n) is 0.246. The molecule has 0 heterocycles. The van der Waals surface area contributed by atoms with Gasteiger partial charge in [0, 0.05) is 10.6 Å². The highest BCUT2D eigenvalue weighted by Crippen LogP contribution is 2.03. The molecule has 0 amide bonds. The Kier molecular flexibility index (Phi) is 4.17. The molecule has 0 aromatic rings. The summed E-state index contributed by atoms with van der Waals surface area (Å²) in [6.45, 7) is 0. The van der Waals surface area contributed by atoms with Gasteiger partial charge in [-0.3, -0.25) is 0 Å². The first kappa shape index (κ1) is 6.61. The second-order valence-corrected chi connectivity index (χ2v) is 1.66. The van der Waals surface area contributed by atoms with Crippen LogP contribution in [0.25, 0.3) is 0 Å². The van der Waals surface area contributed by atoms with Crippen LogP contribution < -0.4 is 0 Å². The van der Waals surface area contributed by atoms with Crippen molar-refractivity contribution in [3.8, 4) is 0 Å². The van der Waals surface area contributed by atoms with Gasteiger partial charge in [-0.25, -0.2) is 0 Å². The van der Waals surface area contributed by atoms with Gasteiger partial charge in [-0.1, -0.05) is 23.2 Å². The Balaban J connectivity index is 3.22. The Hall–Kier alpha value is 0.610. The zero-order valence-electron chi connectivity index (χ0n) is 2.92. The monoisotopic (exact) mass is 144 g/mol. The van der Waals surface area contributed by atoms with Gasteiger partial charge < -0.3 is 0 Å². The fourth-order valence-electron chi connectivity index (χ4n) is 0.0292. The molecule has 3 heteroatoms. The van der Waals surface area contributed by atoms with Crippen molar-refractivity contribution in [2.24, 2.45) is 0 Å². The zero-order chi connectivity index (χ0) is 4.99. The summed E-state index contributed by atoms with van der Waals surface area (Å²) in [6, 6.07) is 0. The molecule has 0 nitrogen and oxygen atoms in total. The van der Waals surface area contributed by atoms with Crippen molar-refractivity contribution in [3.63, 3.8) is 0 Å². The molecule has 0 N–H and O–H groups in total. The lowest BCUT2D eigenvalue weighted by Gasteiger charge is -1.78. The molecule has 0 aromatic carbocycles. The third kappa shape index (κ3) is 2.83. The molecule has 36 valence electrons. The van der Waals surface area contributed by atoms with Crippen LogP contribution in [0.2, 0.25) is 0 Å². The van der Waals surface area contributed by atoms with Crippen LogP contribution in [0.4, 0.5) is 0 Å². The number of hydrogen-bond acceptors (Lipinski definition) is 0. The smallest absolute Gasteiger partial charge is 0.0590 e. The van der Waals surface area contributed by atoms with Gasteiger partial charge in [-0.2, -0.15) is 0 Å². The van der Waals surface area contributed by atoms with Gasteiger partial charge in [-0.15, -0.1) is 11.6 Å². The molecular weight excluding hydrogens is 142 g/mol. The molecular formula is C3H3Cl3. The van der Waals surface area contributed by atoms with Crippen molar-refractivity contribution in [2.75, 3.05) is 5.88 Å². The fourth-order valence-corrected chi connectivity index (χ4v) is 0.262. The molecule has 0 aliphatic carbocycles. The van der Waals surface area contributed by atoms with Crippen LogP contribution in [0.15, 0.2) is 10.6 Å². The molecule has 0 aliphatic heterocycles. The standard InChI is InChI=1S/C3H3Cl3/c4-1-3(6)2-5/h1H,2H2/b3-1+. The summed E-state index contributed by atoms with van der Waals surface area (Å²) in [5.41, 5.74) is 1.24. The molecule has 0 bridgehead atoms. The Morgan fingerprint density at radius 2 is 2.17 bits per heavy atom. The van der Waals surface area contributed by atoms with Gasteiger partial charge in [0.05, 0.1) is 5.88 Å². The second-order valence-electron chi connectivity index (χ2n) is 0.690. The number of halogens is 3. The van der Waals surface area contributed by atoms with E-state index in [9.17, 15) is 0 Å². The predicted octanol–water partition coefficient (Wildman–Crippen LogP) is 2.54. The first-order valence-corrected chi connectivity index (χ1v) is 2.67. The molecule has 0 radical (unpaired) electrons. The van der Waals surface area contributed by atoms with Crippen LogP contribution in [-0.4, -0.2) is 5.88 Å². The van der Waals surface area contributed by atoms with E-state index in [0.29, 0.717) is 10.9 Å². The number of allylic oxidation sites excluding steroid dienone is 1. The van der Waals surface area contributed by atoms with E-state index in [-0.39, 0.29) is 0 Å². The van der Waals surface area contributed by atoms with Crippen LogP contribution in [0.5, 0.6) is 0 Å².